The van der Waals surface area contributed by atoms with Crippen molar-refractivity contribution in [2.45, 2.75) is 144 Å². The Morgan fingerprint density at radius 3 is 1.66 bits per heavy atom. The number of aromatic nitrogens is 2. The Kier molecular flexibility index (Phi) is 15.0. The molecule has 2 aliphatic carbocycles. The van der Waals surface area contributed by atoms with Crippen LogP contribution in [0.15, 0.2) is 77.5 Å². The maximum atomic E-state index is 10.1. The van der Waals surface area contributed by atoms with E-state index >= 15 is 0 Å². The van der Waals surface area contributed by atoms with Gasteiger partial charge in [0.25, 0.3) is 0 Å². The number of aliphatic hydroxyl groups excluding tert-OH is 4. The molecule has 68 heavy (non-hydrogen) atoms. The zero-order valence-corrected chi connectivity index (χ0v) is 43.1. The van der Waals surface area contributed by atoms with Gasteiger partial charge in [-0.1, -0.05) is 64.1 Å². The van der Waals surface area contributed by atoms with E-state index in [0.29, 0.717) is 35.3 Å². The third kappa shape index (κ3) is 10.7. The number of rotatable bonds is 8. The highest BCUT2D eigenvalue weighted by Crippen LogP contribution is 2.43. The summed E-state index contributed by atoms with van der Waals surface area (Å²) in [5.41, 5.74) is 14.5. The van der Waals surface area contributed by atoms with Crippen LogP contribution in [0.5, 0.6) is 0 Å². The number of aryl methyl sites for hydroxylation is 2. The van der Waals surface area contributed by atoms with Crippen LogP contribution in [-0.2, 0) is 48.1 Å². The van der Waals surface area contributed by atoms with Gasteiger partial charge in [-0.25, -0.2) is 9.69 Å². The second-order valence-electron chi connectivity index (χ2n) is 21.7. The fourth-order valence-corrected chi connectivity index (χ4v) is 10.5. The minimum absolute atomic E-state index is 0.230. The first-order valence-corrected chi connectivity index (χ1v) is 24.6. The van der Waals surface area contributed by atoms with E-state index in [1.54, 1.807) is 0 Å². The first kappa shape index (κ1) is 51.1. The minimum atomic E-state index is -0.815. The topological polar surface area (TPSA) is 118 Å². The first-order valence-electron chi connectivity index (χ1n) is 23.8. The second kappa shape index (κ2) is 19.9. The highest BCUT2D eigenvalue weighted by atomic mass is 79.9. The predicted molar refractivity (Wildman–Crippen MR) is 279 cm³/mol. The number of nitrogens with zero attached hydrogens (tertiary/aromatic N) is 4. The van der Waals surface area contributed by atoms with E-state index in [4.69, 9.17) is 27.6 Å². The molecule has 12 heteroatoms. The summed E-state index contributed by atoms with van der Waals surface area (Å²) in [5, 5.41) is 39.8. The Balaban J connectivity index is 0.000000156. The highest BCUT2D eigenvalue weighted by Gasteiger charge is 2.52. The van der Waals surface area contributed by atoms with Crippen LogP contribution >= 0.6 is 15.9 Å². The quantitative estimate of drug-likeness (QED) is 0.0891. The summed E-state index contributed by atoms with van der Waals surface area (Å²) in [4.78, 5) is 7.18. The van der Waals surface area contributed by atoms with Gasteiger partial charge >= 0.3 is 7.12 Å². The molecule has 4 aromatic carbocycles. The Morgan fingerprint density at radius 2 is 1.13 bits per heavy atom. The molecule has 1 saturated heterocycles. The van der Waals surface area contributed by atoms with E-state index in [1.165, 1.54) is 39.7 Å². The van der Waals surface area contributed by atoms with Gasteiger partial charge in [-0.2, -0.15) is 0 Å². The summed E-state index contributed by atoms with van der Waals surface area (Å²) in [6.07, 6.45) is 9.12. The Labute approximate surface area is 411 Å². The average molecular weight is 984 g/mol. The Hall–Kier alpha value is -4.76. The summed E-state index contributed by atoms with van der Waals surface area (Å²) in [5.74, 6) is 0. The molecule has 6 aromatic rings. The van der Waals surface area contributed by atoms with Crippen molar-refractivity contribution in [2.24, 2.45) is 10.8 Å². The van der Waals surface area contributed by atoms with Crippen molar-refractivity contribution in [3.05, 3.63) is 134 Å². The molecular weight excluding hydrogens is 915 g/mol. The molecular formula is C56H68BBrN4O6. The largest absolute Gasteiger partial charge is 0.495 e. The molecule has 4 N–H and O–H groups in total. The fraction of sp³-hybridized carbons (Fsp3) is 0.464. The predicted octanol–water partition coefficient (Wildman–Crippen LogP) is 11.2. The summed E-state index contributed by atoms with van der Waals surface area (Å²) < 4.78 is 17.3. The maximum Gasteiger partial charge on any atom is 0.495 e. The van der Waals surface area contributed by atoms with Gasteiger partial charge in [0.15, 0.2) is 11.4 Å². The number of benzene rings is 4. The Bertz CT molecular complexity index is 2900. The van der Waals surface area contributed by atoms with Crippen molar-refractivity contribution in [2.75, 3.05) is 13.2 Å². The first-order chi connectivity index (χ1) is 32.0. The van der Waals surface area contributed by atoms with Crippen LogP contribution in [0.3, 0.4) is 0 Å². The minimum Gasteiger partial charge on any atom is -0.399 e. The van der Waals surface area contributed by atoms with Crippen LogP contribution in [0, 0.1) is 37.8 Å². The number of hydrogen-bond donors (Lipinski definition) is 4. The molecule has 2 unspecified atom stereocenters. The highest BCUT2D eigenvalue weighted by molar-refractivity contribution is 9.10. The maximum absolute atomic E-state index is 10.1. The van der Waals surface area contributed by atoms with Gasteiger partial charge in [0.05, 0.1) is 62.9 Å². The lowest BCUT2D eigenvalue weighted by atomic mass is 9.67. The van der Waals surface area contributed by atoms with E-state index in [0.717, 1.165) is 75.1 Å². The third-order valence-electron chi connectivity index (χ3n) is 14.6. The monoisotopic (exact) mass is 982 g/mol. The SMILES string of the molecule is CC1(C)CCc2c(cccc2B2OC(C)(C)C(C)(C)O2)C1.[C-]#[N+]c1cc2c(-c3cccc4c3CCC(C)(C)C4)cn(CC(O)CO)c2cc1C.[C-]#[N+]c1cc2c(Br)cn(CC(O)CO)c2cc1C. The molecule has 0 radical (unpaired) electrons. The number of aliphatic hydroxyl groups is 4. The van der Waals surface area contributed by atoms with Crippen molar-refractivity contribution in [1.82, 2.24) is 9.13 Å². The van der Waals surface area contributed by atoms with Gasteiger partial charge in [0.1, 0.15) is 0 Å². The van der Waals surface area contributed by atoms with Crippen molar-refractivity contribution in [3.8, 4) is 11.1 Å². The van der Waals surface area contributed by atoms with Crippen molar-refractivity contribution < 1.29 is 29.7 Å². The van der Waals surface area contributed by atoms with Crippen LogP contribution in [0.4, 0.5) is 11.4 Å². The number of fused-ring (bicyclic) bond motifs is 4. The van der Waals surface area contributed by atoms with Gasteiger partial charge in [-0.05, 0) is 181 Å². The van der Waals surface area contributed by atoms with Crippen LogP contribution in [0.2, 0.25) is 0 Å². The summed E-state index contributed by atoms with van der Waals surface area (Å²) in [7, 11) is -0.230. The zero-order chi connectivity index (χ0) is 49.5. The molecule has 358 valence electrons. The van der Waals surface area contributed by atoms with Gasteiger partial charge < -0.3 is 38.9 Å². The summed E-state index contributed by atoms with van der Waals surface area (Å²) >= 11 is 3.45. The van der Waals surface area contributed by atoms with Crippen molar-refractivity contribution >= 4 is 61.7 Å². The second-order valence-corrected chi connectivity index (χ2v) is 22.6. The van der Waals surface area contributed by atoms with Gasteiger partial charge in [0, 0.05) is 38.8 Å². The normalized spacial score (nSPS) is 18.3. The fourth-order valence-electron chi connectivity index (χ4n) is 9.94. The smallest absolute Gasteiger partial charge is 0.399 e. The molecule has 2 aromatic heterocycles. The molecule has 3 heterocycles. The molecule has 0 spiro atoms. The van der Waals surface area contributed by atoms with E-state index < -0.39 is 12.2 Å². The van der Waals surface area contributed by atoms with Gasteiger partial charge in [0.2, 0.25) is 0 Å². The van der Waals surface area contributed by atoms with E-state index in [2.05, 4.69) is 124 Å². The molecule has 1 fully saturated rings. The lowest BCUT2D eigenvalue weighted by molar-refractivity contribution is 0.00578. The van der Waals surface area contributed by atoms with Crippen LogP contribution in [0.1, 0.15) is 102 Å². The molecule has 2 atom stereocenters. The van der Waals surface area contributed by atoms with E-state index in [-0.39, 0.29) is 31.5 Å². The number of halogens is 1. The van der Waals surface area contributed by atoms with E-state index in [1.807, 2.05) is 53.4 Å². The van der Waals surface area contributed by atoms with Gasteiger partial charge in [-0.15, -0.1) is 0 Å². The molecule has 0 bridgehead atoms. The molecule has 10 nitrogen and oxygen atoms in total. The van der Waals surface area contributed by atoms with E-state index in [9.17, 15) is 15.3 Å². The molecule has 0 amide bonds. The van der Waals surface area contributed by atoms with Crippen molar-refractivity contribution in [3.63, 3.8) is 0 Å². The number of hydrogen-bond acceptors (Lipinski definition) is 6. The molecule has 0 saturated carbocycles. The summed E-state index contributed by atoms with van der Waals surface area (Å²) in [6.45, 7) is 36.4. The van der Waals surface area contributed by atoms with Crippen LogP contribution in [-0.4, -0.2) is 73.3 Å². The third-order valence-corrected chi connectivity index (χ3v) is 15.3. The van der Waals surface area contributed by atoms with Crippen LogP contribution in [0.25, 0.3) is 42.6 Å². The Morgan fingerprint density at radius 1 is 0.662 bits per heavy atom. The lowest BCUT2D eigenvalue weighted by Crippen LogP contribution is -2.41. The van der Waals surface area contributed by atoms with Gasteiger partial charge in [-0.3, -0.25) is 0 Å². The zero-order valence-electron chi connectivity index (χ0n) is 41.5. The molecule has 1 aliphatic heterocycles. The average Bonchev–Trinajstić information content (AvgIpc) is 3.86. The standard InChI is InChI=1S/C25H28N2O2.C18H27BO2.C13H13BrN2O2/c1-16-10-24-21(11-23(16)26-4)22(14-27(24)13-18(29)15-28)20-7-5-6-17-12-25(2,3)9-8-19(17)20;1-16(2)11-10-14-13(12-16)8-7-9-15(14)19-20-17(3,4)18(5,6)21-19;1-8-3-13-10(4-12(8)15-2)11(14)6-16(13)5-9(18)7-17/h5-7,10-11,14,18,28-29H,8-9,12-13,15H2,1-3H3;7-9H,10-12H2,1-6H3;3-4,6,9,17-18H,5,7H2,1H3. The lowest BCUT2D eigenvalue weighted by Gasteiger charge is -2.32. The molecule has 3 aliphatic rings. The van der Waals surface area contributed by atoms with Crippen LogP contribution < -0.4 is 5.46 Å². The molecule has 9 rings (SSSR count). The summed E-state index contributed by atoms with van der Waals surface area (Å²) in [6, 6.07) is 20.9. The van der Waals surface area contributed by atoms with Crippen molar-refractivity contribution in [1.29, 1.82) is 0 Å².